The molecular formula is C23H28N6O5S. The van der Waals surface area contributed by atoms with Crippen LogP contribution in [0.4, 0.5) is 15.9 Å². The Morgan fingerprint density at radius 1 is 1.34 bits per heavy atom. The van der Waals surface area contributed by atoms with Crippen LogP contribution in [0.15, 0.2) is 28.8 Å². The molecule has 1 fully saturated rings. The molecule has 0 aliphatic carbocycles. The van der Waals surface area contributed by atoms with E-state index in [1.54, 1.807) is 26.1 Å². The smallest absolute Gasteiger partial charge is 0.321 e. The number of amides is 2. The Morgan fingerprint density at radius 3 is 3.00 bits per heavy atom. The van der Waals surface area contributed by atoms with Crippen molar-refractivity contribution in [2.75, 3.05) is 36.6 Å². The van der Waals surface area contributed by atoms with Crippen molar-refractivity contribution in [2.24, 2.45) is 0 Å². The summed E-state index contributed by atoms with van der Waals surface area (Å²) in [6, 6.07) is 5.50. The normalized spacial score (nSPS) is 19.3. The van der Waals surface area contributed by atoms with Crippen molar-refractivity contribution in [1.29, 1.82) is 0 Å². The van der Waals surface area contributed by atoms with Gasteiger partial charge in [-0.1, -0.05) is 17.4 Å². The zero-order valence-corrected chi connectivity index (χ0v) is 20.6. The highest BCUT2D eigenvalue weighted by Crippen LogP contribution is 2.43. The Labute approximate surface area is 206 Å². The minimum Gasteiger partial charge on any atom is -0.478 e. The van der Waals surface area contributed by atoms with Crippen LogP contribution >= 0.6 is 11.3 Å². The molecule has 11 nitrogen and oxygen atoms in total. The van der Waals surface area contributed by atoms with Crippen molar-refractivity contribution in [3.63, 3.8) is 0 Å². The molecule has 1 saturated heterocycles. The molecule has 2 atom stereocenters. The molecule has 2 amide bonds. The molecule has 5 heterocycles. The molecule has 2 aliphatic heterocycles. The average molecular weight is 501 g/mol. The number of carbonyl (C=O) groups is 1. The molecule has 3 aromatic heterocycles. The molecule has 186 valence electrons. The first kappa shape index (κ1) is 23.5. The van der Waals surface area contributed by atoms with E-state index in [2.05, 4.69) is 30.5 Å². The molecule has 0 unspecified atom stereocenters. The van der Waals surface area contributed by atoms with Crippen LogP contribution in [0.5, 0.6) is 5.88 Å². The van der Waals surface area contributed by atoms with Crippen LogP contribution < -0.4 is 20.3 Å². The van der Waals surface area contributed by atoms with E-state index >= 15 is 0 Å². The van der Waals surface area contributed by atoms with Crippen molar-refractivity contribution in [2.45, 2.75) is 44.9 Å². The first-order chi connectivity index (χ1) is 16.8. The summed E-state index contributed by atoms with van der Waals surface area (Å²) < 4.78 is 17.5. The average Bonchev–Trinajstić information content (AvgIpc) is 3.45. The lowest BCUT2D eigenvalue weighted by atomic mass is 9.97. The van der Waals surface area contributed by atoms with Gasteiger partial charge in [0.05, 0.1) is 54.3 Å². The molecule has 35 heavy (non-hydrogen) atoms. The Bertz CT molecular complexity index is 1210. The van der Waals surface area contributed by atoms with E-state index < -0.39 is 11.6 Å². The highest BCUT2D eigenvalue weighted by molar-refractivity contribution is 7.16. The predicted octanol–water partition coefficient (Wildman–Crippen LogP) is 2.99. The zero-order chi connectivity index (χ0) is 24.6. The fourth-order valence-electron chi connectivity index (χ4n) is 4.15. The third kappa shape index (κ3) is 5.09. The van der Waals surface area contributed by atoms with Gasteiger partial charge in [0, 0.05) is 19.0 Å². The van der Waals surface area contributed by atoms with Gasteiger partial charge in [-0.2, -0.15) is 0 Å². The minimum absolute atomic E-state index is 0.00873. The van der Waals surface area contributed by atoms with Gasteiger partial charge in [-0.3, -0.25) is 5.32 Å². The number of nitrogens with zero attached hydrogens (tertiary/aromatic N) is 4. The van der Waals surface area contributed by atoms with E-state index in [0.717, 1.165) is 10.6 Å². The summed E-state index contributed by atoms with van der Waals surface area (Å²) in [6.07, 6.45) is 2.32. The number of pyridine rings is 1. The number of hydrogen-bond acceptors (Lipinski definition) is 10. The highest BCUT2D eigenvalue weighted by atomic mass is 32.1. The Hall–Kier alpha value is -3.22. The quantitative estimate of drug-likeness (QED) is 0.447. The Balaban J connectivity index is 1.35. The van der Waals surface area contributed by atoms with Gasteiger partial charge < -0.3 is 29.2 Å². The highest BCUT2D eigenvalue weighted by Gasteiger charge is 2.42. The van der Waals surface area contributed by atoms with E-state index in [9.17, 15) is 9.90 Å². The number of ether oxygens (including phenoxy) is 2. The van der Waals surface area contributed by atoms with Crippen molar-refractivity contribution in [3.8, 4) is 17.3 Å². The maximum atomic E-state index is 12.2. The summed E-state index contributed by atoms with van der Waals surface area (Å²) in [5, 5.41) is 15.7. The number of carbonyl (C=O) groups excluding carboxylic acids is 1. The van der Waals surface area contributed by atoms with Crippen LogP contribution in [0.3, 0.4) is 0 Å². The minimum atomic E-state index is -0.997. The van der Waals surface area contributed by atoms with E-state index in [1.807, 2.05) is 19.1 Å². The number of fused-ring (bicyclic) bond motifs is 4. The summed E-state index contributed by atoms with van der Waals surface area (Å²) in [4.78, 5) is 29.1. The lowest BCUT2D eigenvalue weighted by molar-refractivity contribution is 0.0578. The van der Waals surface area contributed by atoms with Gasteiger partial charge in [0.2, 0.25) is 5.88 Å². The number of thiazole rings is 1. The van der Waals surface area contributed by atoms with Crippen LogP contribution in [-0.2, 0) is 11.2 Å². The van der Waals surface area contributed by atoms with Crippen LogP contribution in [0.1, 0.15) is 37.4 Å². The van der Waals surface area contributed by atoms with Crippen LogP contribution in [0, 0.1) is 0 Å². The van der Waals surface area contributed by atoms with Gasteiger partial charge in [0.1, 0.15) is 5.69 Å². The fourth-order valence-corrected chi connectivity index (χ4v) is 5.22. The van der Waals surface area contributed by atoms with Crippen molar-refractivity contribution >= 4 is 28.5 Å². The van der Waals surface area contributed by atoms with E-state index in [-0.39, 0.29) is 18.6 Å². The molecule has 2 bridgehead atoms. The molecular weight excluding hydrogens is 472 g/mol. The molecule has 5 rings (SSSR count). The third-order valence-electron chi connectivity index (χ3n) is 5.66. The molecule has 0 aromatic carbocycles. The van der Waals surface area contributed by atoms with Gasteiger partial charge in [0.25, 0.3) is 6.01 Å². The van der Waals surface area contributed by atoms with E-state index in [1.165, 1.54) is 11.3 Å². The van der Waals surface area contributed by atoms with Gasteiger partial charge in [-0.05, 0) is 26.8 Å². The van der Waals surface area contributed by atoms with Crippen molar-refractivity contribution in [3.05, 3.63) is 35.0 Å². The Morgan fingerprint density at radius 2 is 2.20 bits per heavy atom. The van der Waals surface area contributed by atoms with Crippen LogP contribution in [-0.4, -0.2) is 64.1 Å². The number of rotatable bonds is 7. The summed E-state index contributed by atoms with van der Waals surface area (Å²) in [5.41, 5.74) is 0.596. The van der Waals surface area contributed by atoms with Crippen LogP contribution in [0.25, 0.3) is 11.5 Å². The third-order valence-corrected chi connectivity index (χ3v) is 6.77. The molecule has 0 saturated carbocycles. The molecule has 0 spiro atoms. The topological polar surface area (TPSA) is 135 Å². The summed E-state index contributed by atoms with van der Waals surface area (Å²) >= 11 is 1.41. The number of aliphatic hydroxyl groups is 1. The number of morpholine rings is 1. The molecule has 0 radical (unpaired) electrons. The van der Waals surface area contributed by atoms with E-state index in [4.69, 9.17) is 13.9 Å². The molecule has 12 heteroatoms. The second-order valence-corrected chi connectivity index (χ2v) is 10.1. The second kappa shape index (κ2) is 9.44. The Kier molecular flexibility index (Phi) is 6.34. The van der Waals surface area contributed by atoms with Crippen molar-refractivity contribution in [1.82, 2.24) is 20.3 Å². The number of oxazole rings is 1. The van der Waals surface area contributed by atoms with Crippen molar-refractivity contribution < 1.29 is 23.8 Å². The van der Waals surface area contributed by atoms with Gasteiger partial charge >= 0.3 is 6.03 Å². The summed E-state index contributed by atoms with van der Waals surface area (Å²) in [5.74, 6) is 1.09. The fraction of sp³-hybridized carbons (Fsp3) is 0.478. The second-order valence-electron chi connectivity index (χ2n) is 9.07. The predicted molar refractivity (Wildman–Crippen MR) is 130 cm³/mol. The maximum absolute atomic E-state index is 12.2. The monoisotopic (exact) mass is 500 g/mol. The number of aromatic nitrogens is 3. The lowest BCUT2D eigenvalue weighted by Crippen LogP contribution is -2.51. The number of nitrogens with one attached hydrogen (secondary N) is 2. The SMILES string of the molecule is CCOc1cccc(-c2cnc(N3[C@@H]4COC[C@H]3c3sc(NC(=O)NCC(C)(C)O)nc3C4)o2)n1. The van der Waals surface area contributed by atoms with Gasteiger partial charge in [0.15, 0.2) is 10.9 Å². The summed E-state index contributed by atoms with van der Waals surface area (Å²) in [7, 11) is 0. The first-order valence-electron chi connectivity index (χ1n) is 11.5. The number of urea groups is 1. The van der Waals surface area contributed by atoms with Crippen LogP contribution in [0.2, 0.25) is 0 Å². The maximum Gasteiger partial charge on any atom is 0.321 e. The largest absolute Gasteiger partial charge is 0.478 e. The standard InChI is InChI=1S/C23H28N6O5S/c1-4-33-18-7-5-6-14(26-18)17-9-24-22(34-17)29-13-8-15-19(16(29)11-32-10-13)35-21(27-15)28-20(30)25-12-23(2,3)31/h5-7,9,13,16,31H,4,8,10-12H2,1-3H3,(H2,25,27,28,30)/t13-,16-/m0/s1. The first-order valence-corrected chi connectivity index (χ1v) is 12.3. The van der Waals surface area contributed by atoms with Gasteiger partial charge in [-0.15, -0.1) is 0 Å². The number of hydrogen-bond donors (Lipinski definition) is 3. The van der Waals surface area contributed by atoms with Gasteiger partial charge in [-0.25, -0.2) is 19.7 Å². The number of anilines is 2. The summed E-state index contributed by atoms with van der Waals surface area (Å²) in [6.45, 7) is 6.82. The molecule has 3 N–H and O–H groups in total. The zero-order valence-electron chi connectivity index (χ0n) is 19.8. The van der Waals surface area contributed by atoms with E-state index in [0.29, 0.717) is 54.7 Å². The lowest BCUT2D eigenvalue weighted by Gasteiger charge is -2.43. The molecule has 3 aromatic rings. The molecule has 2 aliphatic rings.